The largest absolute Gasteiger partial charge is 0.416 e. The van der Waals surface area contributed by atoms with Crippen molar-refractivity contribution in [2.45, 2.75) is 24.0 Å². The molecule has 6 nitrogen and oxygen atoms in total. The average Bonchev–Trinajstić information content (AvgIpc) is 2.66. The van der Waals surface area contributed by atoms with E-state index in [0.29, 0.717) is 0 Å². The third-order valence-corrected chi connectivity index (χ3v) is 5.14. The van der Waals surface area contributed by atoms with Gasteiger partial charge in [-0.3, -0.25) is 4.79 Å². The van der Waals surface area contributed by atoms with Gasteiger partial charge >= 0.3 is 6.18 Å². The van der Waals surface area contributed by atoms with E-state index < -0.39 is 27.7 Å². The molecule has 2 rings (SSSR count). The Balaban J connectivity index is 2.01. The zero-order valence-corrected chi connectivity index (χ0v) is 15.3. The Hall–Kier alpha value is -2.90. The summed E-state index contributed by atoms with van der Waals surface area (Å²) in [5.74, 6) is -0.557. The van der Waals surface area contributed by atoms with Crippen molar-refractivity contribution in [3.8, 4) is 6.07 Å². The molecule has 28 heavy (non-hydrogen) atoms. The van der Waals surface area contributed by atoms with E-state index in [2.05, 4.69) is 10.0 Å². The van der Waals surface area contributed by atoms with Gasteiger partial charge in [0.15, 0.2) is 0 Å². The molecule has 0 aliphatic rings. The molecule has 0 fully saturated rings. The molecule has 2 aromatic rings. The third kappa shape index (κ3) is 5.80. The van der Waals surface area contributed by atoms with E-state index in [1.54, 1.807) is 0 Å². The number of amides is 1. The van der Waals surface area contributed by atoms with Gasteiger partial charge in [-0.25, -0.2) is 13.1 Å². The van der Waals surface area contributed by atoms with E-state index in [0.717, 1.165) is 12.1 Å². The number of nitrogens with zero attached hydrogens (tertiary/aromatic N) is 1. The van der Waals surface area contributed by atoms with Crippen LogP contribution >= 0.6 is 0 Å². The summed E-state index contributed by atoms with van der Waals surface area (Å²) in [5, 5.41) is 10.9. The zero-order chi connectivity index (χ0) is 20.8. The monoisotopic (exact) mass is 411 g/mol. The third-order valence-electron chi connectivity index (χ3n) is 3.66. The minimum absolute atomic E-state index is 0.0231. The van der Waals surface area contributed by atoms with Crippen molar-refractivity contribution in [2.24, 2.45) is 0 Å². The minimum atomic E-state index is -4.47. The van der Waals surface area contributed by atoms with Crippen LogP contribution in [0.3, 0.4) is 0 Å². The van der Waals surface area contributed by atoms with Crippen LogP contribution in [0.4, 0.5) is 13.2 Å². The van der Waals surface area contributed by atoms with Gasteiger partial charge < -0.3 is 5.32 Å². The number of sulfonamides is 1. The first-order valence-electron chi connectivity index (χ1n) is 8.04. The smallest absolute Gasteiger partial charge is 0.348 e. The van der Waals surface area contributed by atoms with Crippen LogP contribution in [0.1, 0.15) is 27.9 Å². The summed E-state index contributed by atoms with van der Waals surface area (Å²) in [6.45, 7) is -0.142. The Morgan fingerprint density at radius 2 is 1.79 bits per heavy atom. The zero-order valence-electron chi connectivity index (χ0n) is 14.5. The highest BCUT2D eigenvalue weighted by molar-refractivity contribution is 7.89. The van der Waals surface area contributed by atoms with E-state index in [1.807, 2.05) is 6.07 Å². The van der Waals surface area contributed by atoms with Gasteiger partial charge in [0.05, 0.1) is 16.5 Å². The van der Waals surface area contributed by atoms with Crippen LogP contribution in [0.2, 0.25) is 0 Å². The molecule has 0 saturated heterocycles. The number of hydrogen-bond acceptors (Lipinski definition) is 4. The van der Waals surface area contributed by atoms with Crippen molar-refractivity contribution < 1.29 is 26.4 Å². The number of hydrogen-bond donors (Lipinski definition) is 2. The molecule has 148 valence electrons. The fourth-order valence-corrected chi connectivity index (χ4v) is 3.28. The van der Waals surface area contributed by atoms with Gasteiger partial charge in [0.1, 0.15) is 0 Å². The maximum atomic E-state index is 12.7. The number of halogens is 3. The molecular weight excluding hydrogens is 395 g/mol. The molecule has 0 aromatic heterocycles. The summed E-state index contributed by atoms with van der Waals surface area (Å²) in [5.41, 5.74) is -0.371. The Labute approximate surface area is 160 Å². The van der Waals surface area contributed by atoms with Crippen molar-refractivity contribution in [3.05, 3.63) is 65.2 Å². The summed E-state index contributed by atoms with van der Waals surface area (Å²) in [6.07, 6.45) is -4.45. The Kier molecular flexibility index (Phi) is 6.77. The lowest BCUT2D eigenvalue weighted by Gasteiger charge is -2.10. The van der Waals surface area contributed by atoms with Crippen LogP contribution in [0, 0.1) is 11.3 Å². The molecule has 0 bridgehead atoms. The van der Waals surface area contributed by atoms with E-state index >= 15 is 0 Å². The molecular formula is C18H16F3N3O3S. The second-order valence-corrected chi connectivity index (χ2v) is 7.48. The Bertz CT molecular complexity index is 982. The fourth-order valence-electron chi connectivity index (χ4n) is 2.25. The van der Waals surface area contributed by atoms with Crippen molar-refractivity contribution >= 4 is 15.9 Å². The van der Waals surface area contributed by atoms with Crippen LogP contribution in [0.5, 0.6) is 0 Å². The summed E-state index contributed by atoms with van der Waals surface area (Å²) >= 11 is 0. The van der Waals surface area contributed by atoms with Crippen molar-refractivity contribution in [1.29, 1.82) is 5.26 Å². The van der Waals surface area contributed by atoms with Crippen molar-refractivity contribution in [3.63, 3.8) is 0 Å². The van der Waals surface area contributed by atoms with Crippen LogP contribution in [-0.2, 0) is 22.7 Å². The van der Waals surface area contributed by atoms with Gasteiger partial charge in [-0.1, -0.05) is 12.1 Å². The molecule has 2 N–H and O–H groups in total. The first-order valence-corrected chi connectivity index (χ1v) is 9.53. The lowest BCUT2D eigenvalue weighted by atomic mass is 10.1. The summed E-state index contributed by atoms with van der Waals surface area (Å²) < 4.78 is 64.4. The summed E-state index contributed by atoms with van der Waals surface area (Å²) in [6, 6.07) is 11.5. The van der Waals surface area contributed by atoms with Gasteiger partial charge in [-0.05, 0) is 42.0 Å². The molecule has 0 unspecified atom stereocenters. The van der Waals surface area contributed by atoms with E-state index in [-0.39, 0.29) is 35.5 Å². The second-order valence-electron chi connectivity index (χ2n) is 5.71. The Morgan fingerprint density at radius 1 is 1.11 bits per heavy atom. The molecule has 0 spiro atoms. The quantitative estimate of drug-likeness (QED) is 0.685. The van der Waals surface area contributed by atoms with Crippen LogP contribution < -0.4 is 10.0 Å². The predicted octanol–water partition coefficient (Wildman–Crippen LogP) is 2.83. The number of alkyl halides is 3. The van der Waals surface area contributed by atoms with E-state index in [9.17, 15) is 26.4 Å². The van der Waals surface area contributed by atoms with Crippen molar-refractivity contribution in [1.82, 2.24) is 10.0 Å². The first kappa shape index (κ1) is 21.4. The van der Waals surface area contributed by atoms with Gasteiger partial charge in [0.25, 0.3) is 5.91 Å². The van der Waals surface area contributed by atoms with Gasteiger partial charge in [-0.15, -0.1) is 0 Å². The highest BCUT2D eigenvalue weighted by Crippen LogP contribution is 2.29. The molecule has 0 radical (unpaired) electrons. The minimum Gasteiger partial charge on any atom is -0.348 e. The molecule has 1 amide bonds. The molecule has 0 aliphatic heterocycles. The molecule has 0 saturated carbocycles. The highest BCUT2D eigenvalue weighted by atomic mass is 32.2. The lowest BCUT2D eigenvalue weighted by Crippen LogP contribution is -2.25. The number of nitriles is 1. The fraction of sp³-hybridized carbons (Fsp3) is 0.222. The van der Waals surface area contributed by atoms with Crippen molar-refractivity contribution in [2.75, 3.05) is 6.54 Å². The predicted molar refractivity (Wildman–Crippen MR) is 94.5 cm³/mol. The maximum absolute atomic E-state index is 12.7. The maximum Gasteiger partial charge on any atom is 0.416 e. The summed E-state index contributed by atoms with van der Waals surface area (Å²) in [7, 11) is -3.79. The van der Waals surface area contributed by atoms with Gasteiger partial charge in [0, 0.05) is 25.1 Å². The number of carbonyl (C=O) groups is 1. The molecule has 0 atom stereocenters. The first-order chi connectivity index (χ1) is 13.1. The normalized spacial score (nSPS) is 11.6. The SMILES string of the molecule is N#CCCNS(=O)(=O)c1ccc(C(=O)NCc2cccc(C(F)(F)F)c2)cc1. The topological polar surface area (TPSA) is 99.1 Å². The highest BCUT2D eigenvalue weighted by Gasteiger charge is 2.30. The van der Waals surface area contributed by atoms with Crippen LogP contribution in [-0.4, -0.2) is 20.9 Å². The molecule has 10 heteroatoms. The molecule has 0 heterocycles. The van der Waals surface area contributed by atoms with Gasteiger partial charge in [-0.2, -0.15) is 18.4 Å². The number of benzene rings is 2. The number of rotatable bonds is 7. The van der Waals surface area contributed by atoms with Crippen LogP contribution in [0.15, 0.2) is 53.4 Å². The second kappa shape index (κ2) is 8.86. The average molecular weight is 411 g/mol. The van der Waals surface area contributed by atoms with E-state index in [1.165, 1.54) is 36.4 Å². The lowest BCUT2D eigenvalue weighted by molar-refractivity contribution is -0.137. The standard InChI is InChI=1S/C18H16F3N3O3S/c19-18(20,21)15-4-1-3-13(11-15)12-23-17(25)14-5-7-16(8-6-14)28(26,27)24-10-2-9-22/h1,3-8,11,24H,2,10,12H2,(H,23,25). The molecule has 0 aliphatic carbocycles. The van der Waals surface area contributed by atoms with E-state index in [4.69, 9.17) is 5.26 Å². The number of nitrogens with one attached hydrogen (secondary N) is 2. The summed E-state index contributed by atoms with van der Waals surface area (Å²) in [4.78, 5) is 12.1. The Morgan fingerprint density at radius 3 is 2.39 bits per heavy atom. The van der Waals surface area contributed by atoms with Crippen LogP contribution in [0.25, 0.3) is 0 Å². The number of carbonyl (C=O) groups excluding carboxylic acids is 1. The van der Waals surface area contributed by atoms with Gasteiger partial charge in [0.2, 0.25) is 10.0 Å². The molecule has 2 aromatic carbocycles.